The number of benzene rings is 1. The van der Waals surface area contributed by atoms with E-state index in [4.69, 9.17) is 4.74 Å². The monoisotopic (exact) mass is 342 g/mol. The van der Waals surface area contributed by atoms with Crippen molar-refractivity contribution in [3.63, 3.8) is 0 Å². The first kappa shape index (κ1) is 16.4. The fraction of sp³-hybridized carbons (Fsp3) is 0.600. The van der Waals surface area contributed by atoms with Crippen LogP contribution >= 0.6 is 0 Å². The molecule has 5 nitrogen and oxygen atoms in total. The highest BCUT2D eigenvalue weighted by Crippen LogP contribution is 2.43. The first-order valence-corrected chi connectivity index (χ1v) is 9.35. The van der Waals surface area contributed by atoms with E-state index in [0.717, 1.165) is 50.6 Å². The van der Waals surface area contributed by atoms with Gasteiger partial charge in [0.25, 0.3) is 5.91 Å². The van der Waals surface area contributed by atoms with Gasteiger partial charge in [-0.15, -0.1) is 0 Å². The van der Waals surface area contributed by atoms with Crippen LogP contribution < -0.4 is 4.74 Å². The second-order valence-corrected chi connectivity index (χ2v) is 7.58. The molecule has 25 heavy (non-hydrogen) atoms. The van der Waals surface area contributed by atoms with Crippen molar-refractivity contribution in [2.45, 2.75) is 57.0 Å². The number of likely N-dealkylation sites (tertiary alicyclic amines) is 2. The number of carbonyl (C=O) groups is 2. The van der Waals surface area contributed by atoms with E-state index in [0.29, 0.717) is 23.9 Å². The summed E-state index contributed by atoms with van der Waals surface area (Å²) in [5, 5.41) is 0. The van der Waals surface area contributed by atoms with E-state index in [1.807, 2.05) is 34.9 Å². The number of amides is 2. The molecule has 1 aromatic rings. The van der Waals surface area contributed by atoms with Gasteiger partial charge in [-0.1, -0.05) is 12.1 Å². The number of piperidine rings is 1. The summed E-state index contributed by atoms with van der Waals surface area (Å²) in [6.07, 6.45) is 5.67. The highest BCUT2D eigenvalue weighted by Gasteiger charge is 2.55. The molecule has 2 aliphatic heterocycles. The van der Waals surface area contributed by atoms with Crippen molar-refractivity contribution in [3.8, 4) is 5.75 Å². The molecule has 1 unspecified atom stereocenters. The molecular formula is C20H26N2O3. The average Bonchev–Trinajstić information content (AvgIpc) is 3.37. The molecule has 1 aliphatic carbocycles. The SMILES string of the molecule is COc1cccc(C)c1C(=O)N1CCCC12CCCN(C1CC1)C2=O. The number of ether oxygens (including phenoxy) is 1. The summed E-state index contributed by atoms with van der Waals surface area (Å²) in [7, 11) is 1.59. The van der Waals surface area contributed by atoms with E-state index in [9.17, 15) is 9.59 Å². The fourth-order valence-electron chi connectivity index (χ4n) is 4.63. The van der Waals surface area contributed by atoms with Crippen molar-refractivity contribution in [2.75, 3.05) is 20.2 Å². The highest BCUT2D eigenvalue weighted by atomic mass is 16.5. The number of nitrogens with zero attached hydrogens (tertiary/aromatic N) is 2. The maximum atomic E-state index is 13.4. The Balaban J connectivity index is 1.70. The number of rotatable bonds is 3. The molecule has 2 heterocycles. The number of aryl methyl sites for hydroxylation is 1. The van der Waals surface area contributed by atoms with Crippen molar-refractivity contribution in [1.82, 2.24) is 9.80 Å². The fourth-order valence-corrected chi connectivity index (χ4v) is 4.63. The smallest absolute Gasteiger partial charge is 0.258 e. The third-order valence-corrected chi connectivity index (χ3v) is 6.04. The molecule has 3 aliphatic rings. The van der Waals surface area contributed by atoms with Crippen LogP contribution in [0.4, 0.5) is 0 Å². The number of hydrogen-bond donors (Lipinski definition) is 0. The Bertz CT molecular complexity index is 713. The number of methoxy groups -OCH3 is 1. The summed E-state index contributed by atoms with van der Waals surface area (Å²) in [6.45, 7) is 3.43. The van der Waals surface area contributed by atoms with Crippen molar-refractivity contribution < 1.29 is 14.3 Å². The quantitative estimate of drug-likeness (QED) is 0.849. The molecule has 134 valence electrons. The third-order valence-electron chi connectivity index (χ3n) is 6.04. The zero-order valence-corrected chi connectivity index (χ0v) is 15.1. The molecule has 4 rings (SSSR count). The Morgan fingerprint density at radius 1 is 1.20 bits per heavy atom. The number of carbonyl (C=O) groups excluding carboxylic acids is 2. The van der Waals surface area contributed by atoms with Gasteiger partial charge in [-0.05, 0) is 57.1 Å². The lowest BCUT2D eigenvalue weighted by Gasteiger charge is -2.45. The van der Waals surface area contributed by atoms with Gasteiger partial charge in [0.15, 0.2) is 0 Å². The molecule has 0 bridgehead atoms. The Labute approximate surface area is 148 Å². The summed E-state index contributed by atoms with van der Waals surface area (Å²) < 4.78 is 5.44. The van der Waals surface area contributed by atoms with Gasteiger partial charge < -0.3 is 14.5 Å². The zero-order chi connectivity index (χ0) is 17.6. The van der Waals surface area contributed by atoms with Crippen LogP contribution in [0.25, 0.3) is 0 Å². The van der Waals surface area contributed by atoms with E-state index in [1.54, 1.807) is 7.11 Å². The second-order valence-electron chi connectivity index (χ2n) is 7.58. The van der Waals surface area contributed by atoms with Crippen molar-refractivity contribution in [3.05, 3.63) is 29.3 Å². The molecule has 1 saturated carbocycles. The molecule has 5 heteroatoms. The lowest BCUT2D eigenvalue weighted by Crippen LogP contribution is -2.61. The zero-order valence-electron chi connectivity index (χ0n) is 15.1. The van der Waals surface area contributed by atoms with Gasteiger partial charge in [0.2, 0.25) is 5.91 Å². The summed E-state index contributed by atoms with van der Waals surface area (Å²) in [5.74, 6) is 0.715. The minimum Gasteiger partial charge on any atom is -0.496 e. The van der Waals surface area contributed by atoms with Crippen LogP contribution in [0.5, 0.6) is 5.75 Å². The molecule has 0 radical (unpaired) electrons. The van der Waals surface area contributed by atoms with Crippen LogP contribution in [-0.4, -0.2) is 53.4 Å². The maximum absolute atomic E-state index is 13.4. The first-order chi connectivity index (χ1) is 12.1. The lowest BCUT2D eigenvalue weighted by molar-refractivity contribution is -0.146. The van der Waals surface area contributed by atoms with E-state index in [1.165, 1.54) is 0 Å². The van der Waals surface area contributed by atoms with E-state index in [2.05, 4.69) is 0 Å². The minimum atomic E-state index is -0.634. The molecule has 1 spiro atoms. The standard InChI is InChI=1S/C20H26N2O3/c1-14-6-3-7-16(25-2)17(14)18(23)22-13-5-11-20(22)10-4-12-21(19(20)24)15-8-9-15/h3,6-7,15H,4-5,8-13H2,1-2H3. The van der Waals surface area contributed by atoms with E-state index in [-0.39, 0.29) is 11.8 Å². The van der Waals surface area contributed by atoms with E-state index < -0.39 is 5.54 Å². The number of hydrogen-bond acceptors (Lipinski definition) is 3. The van der Waals surface area contributed by atoms with Crippen LogP contribution in [0, 0.1) is 6.92 Å². The second kappa shape index (κ2) is 6.04. The van der Waals surface area contributed by atoms with Gasteiger partial charge in [0.1, 0.15) is 11.3 Å². The van der Waals surface area contributed by atoms with Gasteiger partial charge in [0, 0.05) is 19.1 Å². The van der Waals surface area contributed by atoms with Crippen molar-refractivity contribution >= 4 is 11.8 Å². The minimum absolute atomic E-state index is 0.0570. The molecule has 1 aromatic carbocycles. The first-order valence-electron chi connectivity index (χ1n) is 9.35. The molecule has 2 saturated heterocycles. The Morgan fingerprint density at radius 3 is 2.60 bits per heavy atom. The molecule has 1 atom stereocenters. The van der Waals surface area contributed by atoms with Gasteiger partial charge in [-0.2, -0.15) is 0 Å². The summed E-state index contributed by atoms with van der Waals surface area (Å²) in [4.78, 5) is 30.7. The van der Waals surface area contributed by atoms with Crippen LogP contribution in [0.15, 0.2) is 18.2 Å². The van der Waals surface area contributed by atoms with Crippen LogP contribution in [-0.2, 0) is 4.79 Å². The normalized spacial score (nSPS) is 26.4. The van der Waals surface area contributed by atoms with Crippen molar-refractivity contribution in [1.29, 1.82) is 0 Å². The van der Waals surface area contributed by atoms with Crippen LogP contribution in [0.3, 0.4) is 0 Å². The lowest BCUT2D eigenvalue weighted by atomic mass is 9.84. The topological polar surface area (TPSA) is 49.9 Å². The predicted molar refractivity (Wildman–Crippen MR) is 94.7 cm³/mol. The summed E-state index contributed by atoms with van der Waals surface area (Å²) in [5.41, 5.74) is 0.863. The average molecular weight is 342 g/mol. The molecule has 3 fully saturated rings. The summed E-state index contributed by atoms with van der Waals surface area (Å²) >= 11 is 0. The third kappa shape index (κ3) is 2.52. The van der Waals surface area contributed by atoms with Gasteiger partial charge in [-0.3, -0.25) is 9.59 Å². The molecule has 0 N–H and O–H groups in total. The van der Waals surface area contributed by atoms with Gasteiger partial charge in [-0.25, -0.2) is 0 Å². The largest absolute Gasteiger partial charge is 0.496 e. The predicted octanol–water partition coefficient (Wildman–Crippen LogP) is 2.76. The van der Waals surface area contributed by atoms with Gasteiger partial charge in [0.05, 0.1) is 12.7 Å². The Morgan fingerprint density at radius 2 is 1.92 bits per heavy atom. The van der Waals surface area contributed by atoms with E-state index >= 15 is 0 Å². The summed E-state index contributed by atoms with van der Waals surface area (Å²) in [6, 6.07) is 6.06. The van der Waals surface area contributed by atoms with Crippen LogP contribution in [0.1, 0.15) is 54.4 Å². The molecule has 2 amide bonds. The Kier molecular flexibility index (Phi) is 3.97. The Hall–Kier alpha value is -2.04. The molecular weight excluding hydrogens is 316 g/mol. The highest BCUT2D eigenvalue weighted by molar-refractivity contribution is 6.02. The maximum Gasteiger partial charge on any atom is 0.258 e. The molecule has 0 aromatic heterocycles. The van der Waals surface area contributed by atoms with Crippen molar-refractivity contribution in [2.24, 2.45) is 0 Å². The van der Waals surface area contributed by atoms with Gasteiger partial charge >= 0.3 is 0 Å². The van der Waals surface area contributed by atoms with Crippen LogP contribution in [0.2, 0.25) is 0 Å².